The molecule has 164 valence electrons. The fourth-order valence-electron chi connectivity index (χ4n) is 5.16. The Labute approximate surface area is 178 Å². The van der Waals surface area contributed by atoms with E-state index in [1.807, 2.05) is 9.80 Å². The van der Waals surface area contributed by atoms with Crippen LogP contribution in [0.5, 0.6) is 0 Å². The van der Waals surface area contributed by atoms with E-state index >= 15 is 0 Å². The smallest absolute Gasteiger partial charge is 0.254 e. The SMILES string of the molecule is CC(C)(C)c1nc2c(c(=O)[nH]1)CCC21CCN(C(=O)CCN2CCCCC2=O)CC1. The summed E-state index contributed by atoms with van der Waals surface area (Å²) >= 11 is 0. The molecule has 1 aromatic heterocycles. The minimum atomic E-state index is -0.208. The summed E-state index contributed by atoms with van der Waals surface area (Å²) in [7, 11) is 0. The van der Waals surface area contributed by atoms with Crippen LogP contribution in [0.4, 0.5) is 0 Å². The van der Waals surface area contributed by atoms with Crippen molar-refractivity contribution in [1.82, 2.24) is 19.8 Å². The molecule has 0 saturated carbocycles. The molecule has 2 amide bonds. The number of piperidine rings is 2. The van der Waals surface area contributed by atoms with Crippen molar-refractivity contribution >= 4 is 11.8 Å². The van der Waals surface area contributed by atoms with Gasteiger partial charge in [0, 0.05) is 55.4 Å². The van der Waals surface area contributed by atoms with Crippen molar-refractivity contribution in [3.8, 4) is 0 Å². The Morgan fingerprint density at radius 3 is 2.47 bits per heavy atom. The van der Waals surface area contributed by atoms with Crippen LogP contribution in [0.25, 0.3) is 0 Å². The first kappa shape index (κ1) is 21.1. The average Bonchev–Trinajstić information content (AvgIpc) is 3.06. The number of amides is 2. The highest BCUT2D eigenvalue weighted by atomic mass is 16.2. The lowest BCUT2D eigenvalue weighted by Gasteiger charge is -2.40. The zero-order valence-corrected chi connectivity index (χ0v) is 18.6. The molecule has 0 atom stereocenters. The first-order valence-electron chi connectivity index (χ1n) is 11.4. The highest BCUT2D eigenvalue weighted by Gasteiger charge is 2.45. The van der Waals surface area contributed by atoms with Gasteiger partial charge in [-0.15, -0.1) is 0 Å². The number of rotatable bonds is 3. The second-order valence-electron chi connectivity index (χ2n) is 10.2. The van der Waals surface area contributed by atoms with Gasteiger partial charge >= 0.3 is 0 Å². The number of fused-ring (bicyclic) bond motifs is 2. The van der Waals surface area contributed by atoms with Gasteiger partial charge in [0.05, 0.1) is 5.69 Å². The lowest BCUT2D eigenvalue weighted by atomic mass is 9.76. The molecule has 0 bridgehead atoms. The molecule has 0 unspecified atom stereocenters. The first-order valence-corrected chi connectivity index (χ1v) is 11.4. The van der Waals surface area contributed by atoms with E-state index in [1.165, 1.54) is 0 Å². The van der Waals surface area contributed by atoms with Crippen molar-refractivity contribution in [1.29, 1.82) is 0 Å². The third-order valence-electron chi connectivity index (χ3n) is 7.17. The van der Waals surface area contributed by atoms with Gasteiger partial charge in [0.25, 0.3) is 5.56 Å². The minimum Gasteiger partial charge on any atom is -0.343 e. The Kier molecular flexibility index (Phi) is 5.49. The second kappa shape index (κ2) is 7.82. The molecule has 1 aromatic rings. The van der Waals surface area contributed by atoms with E-state index in [9.17, 15) is 14.4 Å². The Morgan fingerprint density at radius 1 is 1.07 bits per heavy atom. The summed E-state index contributed by atoms with van der Waals surface area (Å²) in [5.41, 5.74) is 1.53. The molecule has 0 radical (unpaired) electrons. The number of aromatic amines is 1. The lowest BCUT2D eigenvalue weighted by Crippen LogP contribution is -2.46. The highest BCUT2D eigenvalue weighted by molar-refractivity contribution is 5.79. The summed E-state index contributed by atoms with van der Waals surface area (Å²) in [5, 5.41) is 0. The number of hydrogen-bond donors (Lipinski definition) is 1. The minimum absolute atomic E-state index is 0.00602. The van der Waals surface area contributed by atoms with Crippen molar-refractivity contribution in [2.75, 3.05) is 26.2 Å². The molecule has 1 spiro atoms. The van der Waals surface area contributed by atoms with Crippen molar-refractivity contribution < 1.29 is 9.59 Å². The molecule has 2 saturated heterocycles. The fraction of sp³-hybridized carbons (Fsp3) is 0.739. The Hall–Kier alpha value is -2.18. The van der Waals surface area contributed by atoms with E-state index < -0.39 is 0 Å². The highest BCUT2D eigenvalue weighted by Crippen LogP contribution is 2.44. The van der Waals surface area contributed by atoms with Crippen LogP contribution in [0, 0.1) is 0 Å². The molecule has 30 heavy (non-hydrogen) atoms. The van der Waals surface area contributed by atoms with E-state index in [1.54, 1.807) is 0 Å². The number of likely N-dealkylation sites (tertiary alicyclic amines) is 2. The van der Waals surface area contributed by atoms with Crippen molar-refractivity contribution in [3.63, 3.8) is 0 Å². The topological polar surface area (TPSA) is 86.4 Å². The monoisotopic (exact) mass is 414 g/mol. The molecular weight excluding hydrogens is 380 g/mol. The van der Waals surface area contributed by atoms with Gasteiger partial charge in [-0.3, -0.25) is 14.4 Å². The van der Waals surface area contributed by atoms with E-state index in [-0.39, 0.29) is 28.2 Å². The van der Waals surface area contributed by atoms with Crippen LogP contribution < -0.4 is 5.56 Å². The maximum Gasteiger partial charge on any atom is 0.254 e. The summed E-state index contributed by atoms with van der Waals surface area (Å²) in [6.07, 6.45) is 6.44. The first-order chi connectivity index (χ1) is 14.2. The van der Waals surface area contributed by atoms with Crippen LogP contribution in [0.1, 0.15) is 82.8 Å². The van der Waals surface area contributed by atoms with E-state index in [0.717, 1.165) is 62.2 Å². The molecular formula is C23H34N4O3. The summed E-state index contributed by atoms with van der Waals surface area (Å²) in [6, 6.07) is 0. The predicted molar refractivity (Wildman–Crippen MR) is 114 cm³/mol. The van der Waals surface area contributed by atoms with Crippen molar-refractivity contribution in [2.24, 2.45) is 0 Å². The third kappa shape index (κ3) is 3.91. The lowest BCUT2D eigenvalue weighted by molar-refractivity contribution is -0.136. The molecule has 0 aromatic carbocycles. The second-order valence-corrected chi connectivity index (χ2v) is 10.2. The summed E-state index contributed by atoms with van der Waals surface area (Å²) in [4.78, 5) is 49.1. The number of nitrogens with zero attached hydrogens (tertiary/aromatic N) is 3. The van der Waals surface area contributed by atoms with Crippen LogP contribution in [0.2, 0.25) is 0 Å². The molecule has 4 rings (SSSR count). The van der Waals surface area contributed by atoms with E-state index in [0.29, 0.717) is 32.5 Å². The summed E-state index contributed by atoms with van der Waals surface area (Å²) < 4.78 is 0. The molecule has 2 aliphatic heterocycles. The predicted octanol–water partition coefficient (Wildman–Crippen LogP) is 2.28. The fourth-order valence-corrected chi connectivity index (χ4v) is 5.16. The number of carbonyl (C=O) groups excluding carboxylic acids is 2. The van der Waals surface area contributed by atoms with Gasteiger partial charge in [0.2, 0.25) is 11.8 Å². The molecule has 3 aliphatic rings. The van der Waals surface area contributed by atoms with Gasteiger partial charge in [-0.2, -0.15) is 0 Å². The van der Waals surface area contributed by atoms with Gasteiger partial charge in [0.1, 0.15) is 5.82 Å². The third-order valence-corrected chi connectivity index (χ3v) is 7.17. The van der Waals surface area contributed by atoms with E-state index in [4.69, 9.17) is 4.98 Å². The maximum atomic E-state index is 12.8. The van der Waals surface area contributed by atoms with Gasteiger partial charge in [-0.05, 0) is 38.5 Å². The Morgan fingerprint density at radius 2 is 1.80 bits per heavy atom. The van der Waals surface area contributed by atoms with Gasteiger partial charge in [-0.1, -0.05) is 20.8 Å². The normalized spacial score (nSPS) is 21.2. The molecule has 7 nitrogen and oxygen atoms in total. The Bertz CT molecular complexity index is 891. The summed E-state index contributed by atoms with van der Waals surface area (Å²) in [5.74, 6) is 1.06. The largest absolute Gasteiger partial charge is 0.343 e. The zero-order valence-electron chi connectivity index (χ0n) is 18.6. The van der Waals surface area contributed by atoms with Gasteiger partial charge < -0.3 is 14.8 Å². The Balaban J connectivity index is 1.41. The van der Waals surface area contributed by atoms with Crippen molar-refractivity contribution in [2.45, 2.75) is 83.0 Å². The van der Waals surface area contributed by atoms with Crippen molar-refractivity contribution in [3.05, 3.63) is 27.4 Å². The van der Waals surface area contributed by atoms with Crippen LogP contribution in [-0.2, 0) is 26.8 Å². The number of hydrogen-bond acceptors (Lipinski definition) is 4. The number of H-pyrrole nitrogens is 1. The molecule has 7 heteroatoms. The number of aromatic nitrogens is 2. The van der Waals surface area contributed by atoms with Crippen LogP contribution in [0.15, 0.2) is 4.79 Å². The zero-order chi connectivity index (χ0) is 21.5. The van der Waals surface area contributed by atoms with Crippen LogP contribution in [0.3, 0.4) is 0 Å². The quantitative estimate of drug-likeness (QED) is 0.822. The number of carbonyl (C=O) groups is 2. The molecule has 1 N–H and O–H groups in total. The molecule has 1 aliphatic carbocycles. The number of nitrogens with one attached hydrogen (secondary N) is 1. The maximum absolute atomic E-state index is 12.8. The van der Waals surface area contributed by atoms with Crippen LogP contribution in [-0.4, -0.2) is 57.8 Å². The van der Waals surface area contributed by atoms with Crippen LogP contribution >= 0.6 is 0 Å². The molecule has 2 fully saturated rings. The van der Waals surface area contributed by atoms with Gasteiger partial charge in [-0.25, -0.2) is 4.98 Å². The average molecular weight is 415 g/mol. The molecule has 3 heterocycles. The standard InChI is InChI=1S/C23H34N4O3/c1-22(2,3)21-24-19-16(20(30)25-21)7-9-23(19)10-14-27(15-11-23)18(29)8-13-26-12-5-4-6-17(26)28/h4-15H2,1-3H3,(H,24,25,30). The van der Waals surface area contributed by atoms with E-state index in [2.05, 4.69) is 25.8 Å². The van der Waals surface area contributed by atoms with Gasteiger partial charge in [0.15, 0.2) is 0 Å². The summed E-state index contributed by atoms with van der Waals surface area (Å²) in [6.45, 7) is 8.91.